The fourth-order valence-electron chi connectivity index (χ4n) is 0.620. The van der Waals surface area contributed by atoms with E-state index in [0.29, 0.717) is 5.70 Å². The van der Waals surface area contributed by atoms with Crippen LogP contribution in [0, 0.1) is 0 Å². The predicted octanol–water partition coefficient (Wildman–Crippen LogP) is 1.96. The molecule has 0 fully saturated rings. The molecular weight excluding hydrogens is 126 g/mol. The highest BCUT2D eigenvalue weighted by atomic mass is 16.1. The lowest BCUT2D eigenvalue weighted by Crippen LogP contribution is -1.92. The fourth-order valence-corrected chi connectivity index (χ4v) is 0.620. The van der Waals surface area contributed by atoms with Crippen molar-refractivity contribution in [1.29, 1.82) is 0 Å². The van der Waals surface area contributed by atoms with Gasteiger partial charge in [-0.2, -0.15) is 0 Å². The number of carbonyl (C=O) groups is 1. The summed E-state index contributed by atoms with van der Waals surface area (Å²) in [6.45, 7) is 5.30. The molecule has 0 aromatic rings. The van der Waals surface area contributed by atoms with Crippen LogP contribution in [0.1, 0.15) is 27.2 Å². The number of hydrogen-bond donors (Lipinski definition) is 0. The van der Waals surface area contributed by atoms with Gasteiger partial charge in [-0.1, -0.05) is 13.0 Å². The molecule has 2 nitrogen and oxygen atoms in total. The first kappa shape index (κ1) is 9.08. The van der Waals surface area contributed by atoms with Crippen molar-refractivity contribution in [3.63, 3.8) is 0 Å². The van der Waals surface area contributed by atoms with Gasteiger partial charge in [0.1, 0.15) is 5.70 Å². The molecule has 0 aliphatic heterocycles. The minimum Gasteiger partial charge on any atom is -0.293 e. The maximum atomic E-state index is 10.7. The fraction of sp³-hybridized carbons (Fsp3) is 0.500. The van der Waals surface area contributed by atoms with Crippen molar-refractivity contribution in [2.24, 2.45) is 4.99 Å². The van der Waals surface area contributed by atoms with Crippen molar-refractivity contribution >= 4 is 12.0 Å². The number of hydrogen-bond acceptors (Lipinski definition) is 2. The normalized spacial score (nSPS) is 12.5. The smallest absolute Gasteiger partial charge is 0.177 e. The highest BCUT2D eigenvalue weighted by molar-refractivity contribution is 5.94. The van der Waals surface area contributed by atoms with Crippen LogP contribution in [0.2, 0.25) is 0 Å². The molecule has 0 aliphatic rings. The summed E-state index contributed by atoms with van der Waals surface area (Å²) in [5.74, 6) is 0.0277. The highest BCUT2D eigenvalue weighted by Crippen LogP contribution is 1.98. The maximum absolute atomic E-state index is 10.7. The molecule has 0 aliphatic carbocycles. The van der Waals surface area contributed by atoms with E-state index in [1.807, 2.05) is 13.0 Å². The number of rotatable bonds is 3. The second-order valence-electron chi connectivity index (χ2n) is 1.94. The topological polar surface area (TPSA) is 29.4 Å². The zero-order chi connectivity index (χ0) is 7.98. The third kappa shape index (κ3) is 3.17. The quantitative estimate of drug-likeness (QED) is 0.434. The summed E-state index contributed by atoms with van der Waals surface area (Å²) in [5.41, 5.74) is 0.560. The van der Waals surface area contributed by atoms with E-state index in [4.69, 9.17) is 0 Å². The minimum absolute atomic E-state index is 0.0277. The molecule has 0 aromatic heterocycles. The molecule has 2 heteroatoms. The lowest BCUT2D eigenvalue weighted by Gasteiger charge is -1.91. The van der Waals surface area contributed by atoms with E-state index in [0.717, 1.165) is 6.42 Å². The van der Waals surface area contributed by atoms with Crippen LogP contribution in [0.4, 0.5) is 0 Å². The van der Waals surface area contributed by atoms with Crippen molar-refractivity contribution in [2.75, 3.05) is 0 Å². The molecule has 0 amide bonds. The first-order chi connectivity index (χ1) is 4.72. The zero-order valence-corrected chi connectivity index (χ0v) is 6.72. The first-order valence-corrected chi connectivity index (χ1v) is 3.42. The Hall–Kier alpha value is -0.920. The van der Waals surface area contributed by atoms with E-state index >= 15 is 0 Å². The molecule has 0 atom stereocenters. The largest absolute Gasteiger partial charge is 0.293 e. The van der Waals surface area contributed by atoms with E-state index in [1.54, 1.807) is 13.1 Å². The van der Waals surface area contributed by atoms with Gasteiger partial charge in [0.25, 0.3) is 0 Å². The third-order valence-electron chi connectivity index (χ3n) is 1.03. The van der Waals surface area contributed by atoms with Crippen LogP contribution in [0.15, 0.2) is 16.8 Å². The van der Waals surface area contributed by atoms with Gasteiger partial charge in [0.05, 0.1) is 0 Å². The van der Waals surface area contributed by atoms with Gasteiger partial charge in [0.2, 0.25) is 0 Å². The van der Waals surface area contributed by atoms with Crippen LogP contribution in [-0.4, -0.2) is 12.0 Å². The van der Waals surface area contributed by atoms with E-state index < -0.39 is 0 Å². The Kier molecular flexibility index (Phi) is 4.46. The summed E-state index contributed by atoms with van der Waals surface area (Å²) in [6.07, 6.45) is 4.30. The molecule has 10 heavy (non-hydrogen) atoms. The van der Waals surface area contributed by atoms with E-state index in [1.165, 1.54) is 6.92 Å². The van der Waals surface area contributed by atoms with E-state index in [-0.39, 0.29) is 5.78 Å². The highest BCUT2D eigenvalue weighted by Gasteiger charge is 1.96. The molecule has 0 heterocycles. The van der Waals surface area contributed by atoms with Crippen molar-refractivity contribution in [3.8, 4) is 0 Å². The summed E-state index contributed by atoms with van der Waals surface area (Å²) in [6, 6.07) is 0. The van der Waals surface area contributed by atoms with Gasteiger partial charge in [-0.05, 0) is 13.3 Å². The Bertz CT molecular complexity index is 168. The van der Waals surface area contributed by atoms with Crippen LogP contribution in [0.3, 0.4) is 0 Å². The van der Waals surface area contributed by atoms with E-state index in [2.05, 4.69) is 4.99 Å². The SMILES string of the molecule is CC=N/C(=C\CC)C(C)=O. The van der Waals surface area contributed by atoms with Crippen LogP contribution >= 0.6 is 0 Å². The molecule has 0 unspecified atom stereocenters. The van der Waals surface area contributed by atoms with Crippen molar-refractivity contribution in [3.05, 3.63) is 11.8 Å². The molecule has 0 saturated carbocycles. The van der Waals surface area contributed by atoms with Crippen LogP contribution < -0.4 is 0 Å². The molecule has 0 aromatic carbocycles. The standard InChI is InChI=1S/C8H13NO/c1-4-6-8(7(3)10)9-5-2/h5-6H,4H2,1-3H3/b8-6-,9-5?. The Labute approximate surface area is 61.7 Å². The summed E-state index contributed by atoms with van der Waals surface area (Å²) in [4.78, 5) is 14.6. The molecule has 0 saturated heterocycles. The Morgan fingerprint density at radius 3 is 2.50 bits per heavy atom. The minimum atomic E-state index is 0.0277. The third-order valence-corrected chi connectivity index (χ3v) is 1.03. The predicted molar refractivity (Wildman–Crippen MR) is 43.2 cm³/mol. The number of carbonyl (C=O) groups excluding carboxylic acids is 1. The maximum Gasteiger partial charge on any atom is 0.177 e. The average molecular weight is 139 g/mol. The molecule has 0 N–H and O–H groups in total. The van der Waals surface area contributed by atoms with Crippen molar-refractivity contribution in [2.45, 2.75) is 27.2 Å². The summed E-state index contributed by atoms with van der Waals surface area (Å²) in [7, 11) is 0. The van der Waals surface area contributed by atoms with Crippen LogP contribution in [-0.2, 0) is 4.79 Å². The Balaban J connectivity index is 4.26. The van der Waals surface area contributed by atoms with Gasteiger partial charge in [-0.3, -0.25) is 9.79 Å². The van der Waals surface area contributed by atoms with Gasteiger partial charge < -0.3 is 0 Å². The first-order valence-electron chi connectivity index (χ1n) is 3.42. The van der Waals surface area contributed by atoms with Gasteiger partial charge in [0.15, 0.2) is 5.78 Å². The average Bonchev–Trinajstić information content (AvgIpc) is 1.87. The lowest BCUT2D eigenvalue weighted by atomic mass is 10.3. The lowest BCUT2D eigenvalue weighted by molar-refractivity contribution is -0.113. The molecule has 0 bridgehead atoms. The van der Waals surface area contributed by atoms with Crippen molar-refractivity contribution < 1.29 is 4.79 Å². The molecule has 0 radical (unpaired) electrons. The summed E-state index contributed by atoms with van der Waals surface area (Å²) >= 11 is 0. The number of nitrogens with zero attached hydrogens (tertiary/aromatic N) is 1. The van der Waals surface area contributed by atoms with Crippen LogP contribution in [0.5, 0.6) is 0 Å². The van der Waals surface area contributed by atoms with Gasteiger partial charge in [0, 0.05) is 13.1 Å². The summed E-state index contributed by atoms with van der Waals surface area (Å²) < 4.78 is 0. The number of Topliss-reactive ketones (excluding diaryl/α,β-unsaturated/α-hetero) is 1. The monoisotopic (exact) mass is 139 g/mol. The van der Waals surface area contributed by atoms with Crippen LogP contribution in [0.25, 0.3) is 0 Å². The number of allylic oxidation sites excluding steroid dienone is 2. The van der Waals surface area contributed by atoms with E-state index in [9.17, 15) is 4.79 Å². The Morgan fingerprint density at radius 2 is 2.20 bits per heavy atom. The molecule has 0 rings (SSSR count). The molecule has 0 spiro atoms. The molecule has 56 valence electrons. The molecular formula is C8H13NO. The summed E-state index contributed by atoms with van der Waals surface area (Å²) in [5, 5.41) is 0. The van der Waals surface area contributed by atoms with Gasteiger partial charge >= 0.3 is 0 Å². The second kappa shape index (κ2) is 4.91. The van der Waals surface area contributed by atoms with Crippen molar-refractivity contribution in [1.82, 2.24) is 0 Å². The number of ketones is 1. The van der Waals surface area contributed by atoms with Gasteiger partial charge in [-0.15, -0.1) is 0 Å². The zero-order valence-electron chi connectivity index (χ0n) is 6.72. The number of aliphatic imine (C=N–C) groups is 1. The second-order valence-corrected chi connectivity index (χ2v) is 1.94. The van der Waals surface area contributed by atoms with Gasteiger partial charge in [-0.25, -0.2) is 0 Å². The Morgan fingerprint density at radius 1 is 1.60 bits per heavy atom.